The third-order valence-corrected chi connectivity index (χ3v) is 19.9. The lowest BCUT2D eigenvalue weighted by Gasteiger charge is -2.56. The highest BCUT2D eigenvalue weighted by atomic mass is 19.1. The first-order valence-corrected chi connectivity index (χ1v) is 38.0. The summed E-state index contributed by atoms with van der Waals surface area (Å²) in [5, 5.41) is 82.1. The number of nitriles is 3. The van der Waals surface area contributed by atoms with Crippen LogP contribution in [-0.2, 0) is 0 Å². The maximum absolute atomic E-state index is 15.2. The summed E-state index contributed by atoms with van der Waals surface area (Å²) >= 11 is 0. The average Bonchev–Trinajstić information content (AvgIpc) is 1.30. The van der Waals surface area contributed by atoms with Crippen LogP contribution in [0.5, 0.6) is 34.8 Å². The molecule has 5 aliphatic rings. The summed E-state index contributed by atoms with van der Waals surface area (Å²) in [5.41, 5.74) is 3.44. The predicted octanol–water partition coefficient (Wildman–Crippen LogP) is 11.8. The van der Waals surface area contributed by atoms with Crippen molar-refractivity contribution in [1.82, 2.24) is 63.9 Å². The molecule has 0 radical (unpaired) electrons. The molecule has 33 heteroatoms. The van der Waals surface area contributed by atoms with Crippen LogP contribution in [0.4, 0.5) is 41.1 Å². The van der Waals surface area contributed by atoms with Gasteiger partial charge in [-0.15, -0.1) is 5.10 Å². The molecule has 2 atom stereocenters. The minimum Gasteiger partial charge on any atom is -0.489 e. The number of piperazine rings is 1. The molecule has 5 fully saturated rings. The summed E-state index contributed by atoms with van der Waals surface area (Å²) in [6.07, 6.45) is 15.1. The highest BCUT2D eigenvalue weighted by Crippen LogP contribution is 2.40. The molecule has 2 unspecified atom stereocenters. The Hall–Kier alpha value is -13.4. The molecule has 0 aliphatic carbocycles. The van der Waals surface area contributed by atoms with Crippen LogP contribution in [0, 0.1) is 58.8 Å². The monoisotopic (exact) mass is 1590 g/mol. The second-order valence-electron chi connectivity index (χ2n) is 30.8. The normalized spacial score (nSPS) is 15.7. The van der Waals surface area contributed by atoms with E-state index in [1.807, 2.05) is 96.8 Å². The highest BCUT2D eigenvalue weighted by molar-refractivity contribution is 5.91. The molecule has 1 aromatic carbocycles. The number of piperidine rings is 3. The van der Waals surface area contributed by atoms with Gasteiger partial charge in [0.2, 0.25) is 11.8 Å². The Labute approximate surface area is 671 Å². The van der Waals surface area contributed by atoms with Gasteiger partial charge in [-0.05, 0) is 134 Å². The van der Waals surface area contributed by atoms with Gasteiger partial charge in [0.15, 0.2) is 17.2 Å². The van der Waals surface area contributed by atoms with E-state index in [1.165, 1.54) is 36.8 Å². The van der Waals surface area contributed by atoms with Crippen molar-refractivity contribution in [1.29, 1.82) is 15.8 Å². The zero-order valence-corrected chi connectivity index (χ0v) is 65.5. The van der Waals surface area contributed by atoms with Crippen LogP contribution < -0.4 is 48.4 Å². The molecule has 2 amide bonds. The van der Waals surface area contributed by atoms with E-state index in [-0.39, 0.29) is 84.1 Å². The Kier molecular flexibility index (Phi) is 23.3. The van der Waals surface area contributed by atoms with Crippen LogP contribution in [0.1, 0.15) is 96.0 Å². The summed E-state index contributed by atoms with van der Waals surface area (Å²) in [7, 11) is 1.58. The Bertz CT molecular complexity index is 5660. The van der Waals surface area contributed by atoms with E-state index in [4.69, 9.17) is 28.4 Å². The lowest BCUT2D eigenvalue weighted by atomic mass is 9.88. The topological polar surface area (TPSA) is 359 Å². The van der Waals surface area contributed by atoms with Crippen LogP contribution >= 0.6 is 0 Å². The molecule has 5 aliphatic heterocycles. The van der Waals surface area contributed by atoms with E-state index in [0.717, 1.165) is 101 Å². The second kappa shape index (κ2) is 33.9. The zero-order valence-electron chi connectivity index (χ0n) is 65.5. The number of urea groups is 1. The largest absolute Gasteiger partial charge is 0.489 e. The number of hydrogen-bond acceptors (Lipinski definition) is 25. The predicted molar refractivity (Wildman–Crippen MR) is 426 cm³/mol. The summed E-state index contributed by atoms with van der Waals surface area (Å²) in [5.74, 6) is 1.68. The van der Waals surface area contributed by atoms with Crippen LogP contribution in [0.25, 0.3) is 49.9 Å². The summed E-state index contributed by atoms with van der Waals surface area (Å²) in [4.78, 5) is 39.5. The van der Waals surface area contributed by atoms with E-state index in [0.29, 0.717) is 80.5 Å². The zero-order chi connectivity index (χ0) is 82.5. The summed E-state index contributed by atoms with van der Waals surface area (Å²) < 4.78 is 82.5. The maximum Gasteiger partial charge on any atom is 0.322 e. The van der Waals surface area contributed by atoms with Crippen molar-refractivity contribution in [2.24, 2.45) is 0 Å². The number of methoxy groups -OCH3 is 1. The van der Waals surface area contributed by atoms with Crippen molar-refractivity contribution in [3.63, 3.8) is 0 Å². The Balaban J connectivity index is 0.000000145. The number of amides is 2. The average molecular weight is 1590 g/mol. The van der Waals surface area contributed by atoms with E-state index in [1.54, 1.807) is 79.5 Å². The molecular formula is C84H85F3N20O10. The number of rotatable bonds is 21. The maximum atomic E-state index is 15.2. The number of hydrogen-bond donors (Lipinski definition) is 4. The van der Waals surface area contributed by atoms with Crippen molar-refractivity contribution in [2.75, 3.05) is 86.2 Å². The number of aromatic nitrogens is 12. The van der Waals surface area contributed by atoms with Gasteiger partial charge in [-0.2, -0.15) is 49.4 Å². The van der Waals surface area contributed by atoms with Gasteiger partial charge in [0.1, 0.15) is 73.4 Å². The van der Waals surface area contributed by atoms with Gasteiger partial charge < -0.3 is 68.7 Å². The number of pyridine rings is 7. The fourth-order valence-corrected chi connectivity index (χ4v) is 14.1. The van der Waals surface area contributed by atoms with E-state index >= 15 is 13.2 Å². The van der Waals surface area contributed by atoms with Gasteiger partial charge in [-0.1, -0.05) is 18.2 Å². The molecule has 16 heterocycles. The molecule has 5 saturated heterocycles. The highest BCUT2D eigenvalue weighted by Gasteiger charge is 2.48. The first-order chi connectivity index (χ1) is 56.2. The fourth-order valence-electron chi connectivity index (χ4n) is 14.1. The summed E-state index contributed by atoms with van der Waals surface area (Å²) in [6.45, 7) is 15.4. The Morgan fingerprint density at radius 3 is 1.27 bits per heavy atom. The molecule has 117 heavy (non-hydrogen) atoms. The van der Waals surface area contributed by atoms with Gasteiger partial charge in [0.25, 0.3) is 17.8 Å². The van der Waals surface area contributed by atoms with E-state index in [2.05, 4.69) is 83.7 Å². The number of aliphatic hydroxyl groups is 3. The second-order valence-corrected chi connectivity index (χ2v) is 30.8. The fraction of sp³-hybridized carbons (Fsp3) is 0.345. The number of anilines is 4. The Morgan fingerprint density at radius 2 is 0.915 bits per heavy atom. The third kappa shape index (κ3) is 18.4. The molecule has 0 saturated carbocycles. The van der Waals surface area contributed by atoms with Crippen LogP contribution in [0.2, 0.25) is 0 Å². The minimum atomic E-state index is -1.17. The molecule has 11 aromatic heterocycles. The lowest BCUT2D eigenvalue weighted by Crippen LogP contribution is -2.71. The number of carbonyl (C=O) groups is 1. The standard InChI is InChI=1S/C29H28FN7O3.C28H29FN6O4.C27H28FN7O3/c1-29(2,39)17-40-24-11-23(26-19(12-31)14-33-37(26)27(24)30)18-8-9-25(32-13-18)35-15-21-10-22(16-35)36(21)28(38)34-20-6-4-3-5-7-20;1-28(2,36)17-38-23-12-22(26-19(13-30)15-33-35(26)27(23)29)18-4-6-24(31-14-18)34-10-8-20(9-11-34)39-21-5-7-25(37-3)32-16-21;1-17-4-7-24(33-32-17)38-20-8-10-34(11-9-20)23-6-5-18(14-30-23)21-12-22(37-16-27(2,3)36)26(28)35-25(21)19(13-29)15-31-35/h3-9,11,13-14,21-22,39H,10,15-17H2,1-2H3,(H,34,38);4-7,12,14-16,20,36H,8-11,17H2,1-3H3;4-7,12,14-15,20,36H,8-11,16H2,1-3H3. The minimum absolute atomic E-state index is 0.0589. The van der Waals surface area contributed by atoms with Crippen LogP contribution in [-0.4, -0.2) is 193 Å². The van der Waals surface area contributed by atoms with Crippen LogP contribution in [0.3, 0.4) is 0 Å². The molecule has 30 nitrogen and oxygen atoms in total. The molecule has 12 aromatic rings. The number of carbonyl (C=O) groups excluding carboxylic acids is 1. The van der Waals surface area contributed by atoms with Crippen LogP contribution in [0.15, 0.2) is 153 Å². The number of nitrogens with one attached hydrogen (secondary N) is 1. The van der Waals surface area contributed by atoms with Gasteiger partial charge in [0, 0.05) is 135 Å². The number of fused-ring (bicyclic) bond motifs is 5. The van der Waals surface area contributed by atoms with Crippen molar-refractivity contribution in [3.05, 3.63) is 193 Å². The van der Waals surface area contributed by atoms with Crippen molar-refractivity contribution in [2.45, 2.75) is 122 Å². The smallest absolute Gasteiger partial charge is 0.322 e. The Morgan fingerprint density at radius 1 is 0.504 bits per heavy atom. The van der Waals surface area contributed by atoms with Gasteiger partial charge in [-0.3, -0.25) is 0 Å². The number of halogens is 3. The van der Waals surface area contributed by atoms with E-state index in [9.17, 15) is 35.9 Å². The summed E-state index contributed by atoms with van der Waals surface area (Å²) in [6, 6.07) is 38.9. The van der Waals surface area contributed by atoms with E-state index < -0.39 is 34.6 Å². The molecule has 4 N–H and O–H groups in total. The third-order valence-electron chi connectivity index (χ3n) is 19.9. The molecule has 17 rings (SSSR count). The van der Waals surface area contributed by atoms with Crippen molar-refractivity contribution < 1.29 is 61.7 Å². The lowest BCUT2D eigenvalue weighted by molar-refractivity contribution is 0.0264. The number of ether oxygens (including phenoxy) is 6. The first-order valence-electron chi connectivity index (χ1n) is 38.0. The molecular weight excluding hydrogens is 1510 g/mol. The van der Waals surface area contributed by atoms with Gasteiger partial charge in [-0.25, -0.2) is 38.3 Å². The van der Waals surface area contributed by atoms with Gasteiger partial charge >= 0.3 is 6.03 Å². The van der Waals surface area contributed by atoms with Crippen molar-refractivity contribution >= 4 is 45.7 Å². The molecule has 0 spiro atoms. The number of nitrogens with zero attached hydrogens (tertiary/aromatic N) is 19. The molecule has 2 bridgehead atoms. The number of para-hydroxylation sites is 1. The SMILES string of the molecule is CC(C)(O)COc1cc(-c2ccc(N3CC4CC(C3)N4C(=O)Nc3ccccc3)nc2)c2c(C#N)cnn2c1F.COc1ccc(OC2CCN(c3ccc(-c4cc(OCC(C)(C)O)c(F)n5ncc(C#N)c45)cn3)CC2)cn1.Cc1ccc(OC2CCN(c3ccc(-c4cc(OCC(C)(C)O)c(F)n5ncc(C#N)c45)cn3)CC2)nn1. The van der Waals surface area contributed by atoms with Gasteiger partial charge in [0.05, 0.1) is 99.7 Å². The quantitative estimate of drug-likeness (QED) is 0.0485. The first kappa shape index (κ1) is 80.2. The van der Waals surface area contributed by atoms with Crippen molar-refractivity contribution in [3.8, 4) is 86.3 Å². The number of benzene rings is 1. The number of aryl methyl sites for hydroxylation is 1. The molecule has 602 valence electrons.